The number of fused-ring (bicyclic) bond motifs is 6. The van der Waals surface area contributed by atoms with Gasteiger partial charge in [0, 0.05) is 53.6 Å². The molecule has 1 fully saturated rings. The molecule has 0 radical (unpaired) electrons. The number of pyridine rings is 2. The van der Waals surface area contributed by atoms with Crippen LogP contribution in [-0.2, 0) is 13.0 Å². The maximum Gasteiger partial charge on any atom is 0.258 e. The standard InChI is InChI=1S/C24H22N4O2.ClH/c29-23-13-18(30-14-16-3-1-2-9-25-16)8-10-28(23)17-5-6-19-21(12-17)27-22-11-15-4-7-20(26-15)24(19)22;/h1-3,5-6,8-10,12-13,15,20,26-27H,4,7,11,14H2;1H. The maximum atomic E-state index is 12.7. The number of rotatable bonds is 4. The van der Waals surface area contributed by atoms with Crippen molar-refractivity contribution in [3.05, 3.63) is 88.2 Å². The van der Waals surface area contributed by atoms with Crippen molar-refractivity contribution in [3.63, 3.8) is 0 Å². The monoisotopic (exact) mass is 434 g/mol. The molecule has 1 saturated heterocycles. The Labute approximate surface area is 185 Å². The molecule has 0 aliphatic carbocycles. The molecule has 2 unspecified atom stereocenters. The molecule has 0 saturated carbocycles. The third-order valence-corrected chi connectivity index (χ3v) is 6.23. The average Bonchev–Trinajstić information content (AvgIpc) is 3.33. The van der Waals surface area contributed by atoms with E-state index in [0.29, 0.717) is 24.4 Å². The molecule has 7 heteroatoms. The van der Waals surface area contributed by atoms with E-state index in [-0.39, 0.29) is 18.0 Å². The first-order chi connectivity index (χ1) is 14.7. The van der Waals surface area contributed by atoms with Crippen LogP contribution in [0.1, 0.15) is 35.8 Å². The van der Waals surface area contributed by atoms with E-state index in [1.165, 1.54) is 35.6 Å². The lowest BCUT2D eigenvalue weighted by molar-refractivity contribution is 0.300. The van der Waals surface area contributed by atoms with Crippen LogP contribution in [0, 0.1) is 0 Å². The number of hydrogen-bond donors (Lipinski definition) is 2. The zero-order valence-electron chi connectivity index (χ0n) is 16.9. The molecule has 31 heavy (non-hydrogen) atoms. The summed E-state index contributed by atoms with van der Waals surface area (Å²) in [5, 5.41) is 4.98. The lowest BCUT2D eigenvalue weighted by Crippen LogP contribution is -2.31. The number of aromatic amines is 1. The van der Waals surface area contributed by atoms with Gasteiger partial charge in [0.05, 0.1) is 11.4 Å². The molecular formula is C24H23ClN4O2. The molecule has 6 nitrogen and oxygen atoms in total. The van der Waals surface area contributed by atoms with Gasteiger partial charge in [0.1, 0.15) is 12.4 Å². The van der Waals surface area contributed by atoms with Gasteiger partial charge in [-0.15, -0.1) is 12.4 Å². The van der Waals surface area contributed by atoms with Gasteiger partial charge in [-0.05, 0) is 48.7 Å². The quantitative estimate of drug-likeness (QED) is 0.508. The van der Waals surface area contributed by atoms with Crippen LogP contribution in [0.25, 0.3) is 16.6 Å². The van der Waals surface area contributed by atoms with Crippen molar-refractivity contribution in [2.75, 3.05) is 0 Å². The third kappa shape index (κ3) is 3.52. The van der Waals surface area contributed by atoms with E-state index in [9.17, 15) is 4.79 Å². The first-order valence-corrected chi connectivity index (χ1v) is 10.4. The number of nitrogens with one attached hydrogen (secondary N) is 2. The second-order valence-electron chi connectivity index (χ2n) is 8.13. The molecule has 2 atom stereocenters. The highest BCUT2D eigenvalue weighted by atomic mass is 35.5. The highest BCUT2D eigenvalue weighted by Crippen LogP contribution is 2.40. The summed E-state index contributed by atoms with van der Waals surface area (Å²) in [4.78, 5) is 20.6. The van der Waals surface area contributed by atoms with Crippen molar-refractivity contribution < 1.29 is 4.74 Å². The van der Waals surface area contributed by atoms with E-state index >= 15 is 0 Å². The minimum absolute atomic E-state index is 0. The predicted molar refractivity (Wildman–Crippen MR) is 122 cm³/mol. The second-order valence-corrected chi connectivity index (χ2v) is 8.13. The van der Waals surface area contributed by atoms with Crippen molar-refractivity contribution in [2.45, 2.75) is 38.0 Å². The smallest absolute Gasteiger partial charge is 0.258 e. The minimum Gasteiger partial charge on any atom is -0.487 e. The Morgan fingerprint density at radius 3 is 2.90 bits per heavy atom. The Morgan fingerprint density at radius 2 is 2.06 bits per heavy atom. The fourth-order valence-corrected chi connectivity index (χ4v) is 4.83. The van der Waals surface area contributed by atoms with Crippen LogP contribution < -0.4 is 15.6 Å². The summed E-state index contributed by atoms with van der Waals surface area (Å²) in [7, 11) is 0. The van der Waals surface area contributed by atoms with Gasteiger partial charge in [-0.2, -0.15) is 0 Å². The van der Waals surface area contributed by atoms with Crippen molar-refractivity contribution in [3.8, 4) is 11.4 Å². The maximum absolute atomic E-state index is 12.7. The van der Waals surface area contributed by atoms with Crippen LogP contribution in [0.4, 0.5) is 0 Å². The van der Waals surface area contributed by atoms with E-state index in [0.717, 1.165) is 23.3 Å². The fraction of sp³-hybridized carbons (Fsp3) is 0.250. The van der Waals surface area contributed by atoms with Gasteiger partial charge in [0.2, 0.25) is 0 Å². The van der Waals surface area contributed by atoms with Gasteiger partial charge in [0.15, 0.2) is 0 Å². The van der Waals surface area contributed by atoms with Gasteiger partial charge in [-0.25, -0.2) is 0 Å². The van der Waals surface area contributed by atoms with Crippen molar-refractivity contribution in [1.29, 1.82) is 0 Å². The Kier molecular flexibility index (Phi) is 5.04. The van der Waals surface area contributed by atoms with Crippen LogP contribution in [0.2, 0.25) is 0 Å². The van der Waals surface area contributed by atoms with E-state index in [1.54, 1.807) is 17.0 Å². The van der Waals surface area contributed by atoms with Gasteiger partial charge in [0.25, 0.3) is 5.56 Å². The summed E-state index contributed by atoms with van der Waals surface area (Å²) >= 11 is 0. The number of nitrogens with zero attached hydrogens (tertiary/aromatic N) is 2. The molecule has 2 N–H and O–H groups in total. The van der Waals surface area contributed by atoms with Crippen LogP contribution in [0.3, 0.4) is 0 Å². The Morgan fingerprint density at radius 1 is 1.13 bits per heavy atom. The molecule has 0 spiro atoms. The molecule has 1 aromatic carbocycles. The summed E-state index contributed by atoms with van der Waals surface area (Å²) in [5.41, 5.74) is 5.40. The first kappa shape index (κ1) is 19.8. The highest BCUT2D eigenvalue weighted by molar-refractivity contribution is 5.87. The Hall–Kier alpha value is -3.09. The first-order valence-electron chi connectivity index (χ1n) is 10.4. The summed E-state index contributed by atoms with van der Waals surface area (Å²) in [6.45, 7) is 0.334. The van der Waals surface area contributed by atoms with E-state index in [4.69, 9.17) is 4.74 Å². The topological polar surface area (TPSA) is 71.9 Å². The number of aromatic nitrogens is 3. The lowest BCUT2D eigenvalue weighted by Gasteiger charge is -2.21. The molecule has 2 aliphatic heterocycles. The number of H-pyrrole nitrogens is 1. The molecule has 3 aromatic heterocycles. The minimum atomic E-state index is -0.120. The van der Waals surface area contributed by atoms with E-state index < -0.39 is 0 Å². The molecule has 0 amide bonds. The van der Waals surface area contributed by atoms with Gasteiger partial charge in [-0.3, -0.25) is 14.3 Å². The summed E-state index contributed by atoms with van der Waals surface area (Å²) in [6, 6.07) is 16.3. The average molecular weight is 435 g/mol. The summed E-state index contributed by atoms with van der Waals surface area (Å²) in [5.74, 6) is 0.542. The predicted octanol–water partition coefficient (Wildman–Crippen LogP) is 4.06. The Bertz CT molecular complexity index is 1300. The molecule has 158 valence electrons. The molecule has 6 rings (SSSR count). The second kappa shape index (κ2) is 7.87. The largest absolute Gasteiger partial charge is 0.487 e. The zero-order valence-corrected chi connectivity index (χ0v) is 17.7. The molecule has 4 aromatic rings. The fourth-order valence-electron chi connectivity index (χ4n) is 4.83. The molecule has 2 aliphatic rings. The number of halogens is 1. The van der Waals surface area contributed by atoms with Gasteiger partial charge >= 0.3 is 0 Å². The molecular weight excluding hydrogens is 412 g/mol. The summed E-state index contributed by atoms with van der Waals surface area (Å²) in [6.07, 6.45) is 7.00. The van der Waals surface area contributed by atoms with Crippen molar-refractivity contribution in [1.82, 2.24) is 19.9 Å². The van der Waals surface area contributed by atoms with Crippen molar-refractivity contribution >= 4 is 23.3 Å². The lowest BCUT2D eigenvalue weighted by atomic mass is 9.99. The normalized spacial score (nSPS) is 19.1. The van der Waals surface area contributed by atoms with E-state index in [1.807, 2.05) is 30.3 Å². The highest BCUT2D eigenvalue weighted by Gasteiger charge is 2.34. The van der Waals surface area contributed by atoms with Crippen LogP contribution in [-0.4, -0.2) is 20.6 Å². The third-order valence-electron chi connectivity index (χ3n) is 6.23. The SMILES string of the molecule is Cl.O=c1cc(OCc2ccccn2)ccn1-c1ccc2c3c([nH]c2c1)CC1CCC3N1. The van der Waals surface area contributed by atoms with Crippen LogP contribution in [0.15, 0.2) is 65.7 Å². The van der Waals surface area contributed by atoms with Crippen molar-refractivity contribution in [2.24, 2.45) is 0 Å². The summed E-state index contributed by atoms with van der Waals surface area (Å²) < 4.78 is 7.38. The zero-order chi connectivity index (χ0) is 20.1. The molecule has 2 bridgehead atoms. The van der Waals surface area contributed by atoms with E-state index in [2.05, 4.69) is 27.4 Å². The van der Waals surface area contributed by atoms with Gasteiger partial charge in [-0.1, -0.05) is 12.1 Å². The Balaban J connectivity index is 0.00000204. The number of benzene rings is 1. The van der Waals surface area contributed by atoms with Crippen LogP contribution in [0.5, 0.6) is 5.75 Å². The molecule has 5 heterocycles. The number of ether oxygens (including phenoxy) is 1. The number of hydrogen-bond acceptors (Lipinski definition) is 4. The van der Waals surface area contributed by atoms with Gasteiger partial charge < -0.3 is 15.0 Å². The van der Waals surface area contributed by atoms with Crippen LogP contribution >= 0.6 is 12.4 Å².